The van der Waals surface area contributed by atoms with Crippen LogP contribution >= 0.6 is 0 Å². The van der Waals surface area contributed by atoms with Crippen molar-refractivity contribution in [3.8, 4) is 17.2 Å². The minimum Gasteiger partial charge on any atom is -0.492 e. The molecule has 0 bridgehead atoms. The quantitative estimate of drug-likeness (QED) is 0.484. The van der Waals surface area contributed by atoms with Gasteiger partial charge in [0.15, 0.2) is 17.3 Å². The summed E-state index contributed by atoms with van der Waals surface area (Å²) < 4.78 is 16.9. The van der Waals surface area contributed by atoms with Crippen LogP contribution < -0.4 is 14.2 Å². The fourth-order valence-corrected chi connectivity index (χ4v) is 3.90. The molecular formula is C24H33NO4. The van der Waals surface area contributed by atoms with E-state index in [0.29, 0.717) is 17.9 Å². The second kappa shape index (κ2) is 8.62. The third kappa shape index (κ3) is 4.84. The molecule has 0 aromatic heterocycles. The number of allylic oxidation sites excluding steroid dienone is 4. The average molecular weight is 400 g/mol. The molecule has 3 rings (SSSR count). The summed E-state index contributed by atoms with van der Waals surface area (Å²) in [6, 6.07) is 2.00. The van der Waals surface area contributed by atoms with Gasteiger partial charge in [0.1, 0.15) is 0 Å². The molecule has 5 heteroatoms. The van der Waals surface area contributed by atoms with E-state index < -0.39 is 0 Å². The molecule has 0 saturated heterocycles. The summed E-state index contributed by atoms with van der Waals surface area (Å²) >= 11 is 0. The van der Waals surface area contributed by atoms with E-state index in [1.165, 1.54) is 11.1 Å². The summed E-state index contributed by atoms with van der Waals surface area (Å²) in [6.07, 6.45) is 8.23. The van der Waals surface area contributed by atoms with Crippen LogP contribution in [0.25, 0.3) is 0 Å². The normalized spacial score (nSPS) is 18.6. The molecule has 0 aliphatic carbocycles. The van der Waals surface area contributed by atoms with Crippen LogP contribution in [-0.4, -0.2) is 38.2 Å². The number of likely N-dealkylation sites (N-methyl/N-ethyl adjacent to an activating group) is 1. The number of ketones is 1. The van der Waals surface area contributed by atoms with Crippen LogP contribution in [0.5, 0.6) is 17.2 Å². The van der Waals surface area contributed by atoms with Crippen molar-refractivity contribution in [2.24, 2.45) is 5.41 Å². The Morgan fingerprint density at radius 3 is 2.79 bits per heavy atom. The van der Waals surface area contributed by atoms with Gasteiger partial charge < -0.3 is 14.2 Å². The van der Waals surface area contributed by atoms with Crippen molar-refractivity contribution in [1.29, 1.82) is 0 Å². The molecule has 0 spiro atoms. The Hall–Kier alpha value is -2.27. The lowest BCUT2D eigenvalue weighted by molar-refractivity contribution is -0.115. The zero-order valence-corrected chi connectivity index (χ0v) is 18.5. The Morgan fingerprint density at radius 2 is 2.10 bits per heavy atom. The summed E-state index contributed by atoms with van der Waals surface area (Å²) in [5.74, 6) is 2.21. The predicted octanol–water partition coefficient (Wildman–Crippen LogP) is 4.85. The number of carbonyl (C=O) groups excluding carboxylic acids is 1. The molecule has 0 fully saturated rings. The molecule has 0 radical (unpaired) electrons. The van der Waals surface area contributed by atoms with Crippen molar-refractivity contribution < 1.29 is 19.0 Å². The number of benzene rings is 1. The van der Waals surface area contributed by atoms with Crippen LogP contribution in [0.2, 0.25) is 0 Å². The van der Waals surface area contributed by atoms with Gasteiger partial charge in [-0.3, -0.25) is 9.69 Å². The lowest BCUT2D eigenvalue weighted by atomic mass is 9.86. The van der Waals surface area contributed by atoms with Crippen LogP contribution in [0, 0.1) is 5.41 Å². The average Bonchev–Trinajstić information content (AvgIpc) is 3.14. The maximum atomic E-state index is 12.9. The van der Waals surface area contributed by atoms with Crippen LogP contribution in [-0.2, 0) is 11.2 Å². The van der Waals surface area contributed by atoms with Gasteiger partial charge in [0, 0.05) is 24.6 Å². The zero-order chi connectivity index (χ0) is 21.2. The lowest BCUT2D eigenvalue weighted by Gasteiger charge is -2.35. The van der Waals surface area contributed by atoms with Gasteiger partial charge in [-0.05, 0) is 56.9 Å². The SMILES string of the molecule is COc1c2c(cc3c1C(CC(=O)C=CC(C)(C)CC=C(C)C)N(C)CC3)OCO2. The molecule has 0 amide bonds. The number of ether oxygens (including phenoxy) is 3. The smallest absolute Gasteiger partial charge is 0.231 e. The summed E-state index contributed by atoms with van der Waals surface area (Å²) in [5.41, 5.74) is 3.47. The van der Waals surface area contributed by atoms with Gasteiger partial charge >= 0.3 is 0 Å². The first-order valence-electron chi connectivity index (χ1n) is 10.3. The first-order valence-corrected chi connectivity index (χ1v) is 10.3. The van der Waals surface area contributed by atoms with Crippen LogP contribution in [0.15, 0.2) is 29.9 Å². The Morgan fingerprint density at radius 1 is 1.34 bits per heavy atom. The van der Waals surface area contributed by atoms with Crippen molar-refractivity contribution in [1.82, 2.24) is 4.90 Å². The van der Waals surface area contributed by atoms with Crippen molar-refractivity contribution in [3.63, 3.8) is 0 Å². The summed E-state index contributed by atoms with van der Waals surface area (Å²) in [5, 5.41) is 0. The number of nitrogens with zero attached hydrogens (tertiary/aromatic N) is 1. The Bertz CT molecular complexity index is 834. The minimum absolute atomic E-state index is 0.0405. The molecule has 158 valence electrons. The zero-order valence-electron chi connectivity index (χ0n) is 18.5. The van der Waals surface area contributed by atoms with Crippen LogP contribution in [0.3, 0.4) is 0 Å². The number of fused-ring (bicyclic) bond motifs is 2. The summed E-state index contributed by atoms with van der Waals surface area (Å²) in [6.45, 7) is 9.60. The van der Waals surface area contributed by atoms with Crippen molar-refractivity contribution >= 4 is 5.78 Å². The summed E-state index contributed by atoms with van der Waals surface area (Å²) in [4.78, 5) is 15.1. The first kappa shape index (κ1) is 21.4. The molecular weight excluding hydrogens is 366 g/mol. The van der Waals surface area contributed by atoms with E-state index in [0.717, 1.165) is 30.7 Å². The molecule has 1 aromatic rings. The first-order chi connectivity index (χ1) is 13.7. The van der Waals surface area contributed by atoms with Gasteiger partial charge in [-0.25, -0.2) is 0 Å². The summed E-state index contributed by atoms with van der Waals surface area (Å²) in [7, 11) is 3.71. The highest BCUT2D eigenvalue weighted by atomic mass is 16.7. The number of hydrogen-bond acceptors (Lipinski definition) is 5. The van der Waals surface area contributed by atoms with Gasteiger partial charge in [0.25, 0.3) is 0 Å². The van der Waals surface area contributed by atoms with Crippen molar-refractivity contribution in [3.05, 3.63) is 41.0 Å². The van der Waals surface area contributed by atoms with E-state index in [1.807, 2.05) is 12.1 Å². The maximum Gasteiger partial charge on any atom is 0.231 e. The number of hydrogen-bond donors (Lipinski definition) is 0. The van der Waals surface area contributed by atoms with Crippen LogP contribution in [0.1, 0.15) is 57.7 Å². The topological polar surface area (TPSA) is 48.0 Å². The Balaban J connectivity index is 1.82. The molecule has 29 heavy (non-hydrogen) atoms. The molecule has 1 unspecified atom stereocenters. The fraction of sp³-hybridized carbons (Fsp3) is 0.542. The Labute approximate surface area is 174 Å². The molecule has 0 N–H and O–H groups in total. The largest absolute Gasteiger partial charge is 0.492 e. The number of methoxy groups -OCH3 is 1. The number of rotatable bonds is 7. The lowest BCUT2D eigenvalue weighted by Crippen LogP contribution is -2.33. The predicted molar refractivity (Wildman–Crippen MR) is 115 cm³/mol. The van der Waals surface area contributed by atoms with Crippen LogP contribution in [0.4, 0.5) is 0 Å². The molecule has 2 aliphatic heterocycles. The molecule has 2 heterocycles. The third-order valence-corrected chi connectivity index (χ3v) is 5.70. The highest BCUT2D eigenvalue weighted by molar-refractivity contribution is 5.90. The van der Waals surface area contributed by atoms with Gasteiger partial charge in [-0.2, -0.15) is 0 Å². The van der Waals surface area contributed by atoms with E-state index in [4.69, 9.17) is 14.2 Å². The molecule has 1 aromatic carbocycles. The van der Waals surface area contributed by atoms with E-state index in [9.17, 15) is 4.79 Å². The Kier molecular flexibility index (Phi) is 6.37. The molecule has 0 saturated carbocycles. The maximum absolute atomic E-state index is 12.9. The highest BCUT2D eigenvalue weighted by Crippen LogP contribution is 2.50. The van der Waals surface area contributed by atoms with Gasteiger partial charge in [-0.1, -0.05) is 31.6 Å². The highest BCUT2D eigenvalue weighted by Gasteiger charge is 2.34. The standard InChI is InChI=1S/C24H33NO4/c1-16(2)7-10-24(3,4)11-8-18(26)14-19-21-17(9-12-25(19)5)13-20-22(23(21)27-6)29-15-28-20/h7-8,11,13,19H,9-10,12,14-15H2,1-6H3. The second-order valence-electron chi connectivity index (χ2n) is 8.94. The van der Waals surface area contributed by atoms with E-state index in [-0.39, 0.29) is 24.0 Å². The van der Waals surface area contributed by atoms with Crippen molar-refractivity contribution in [2.75, 3.05) is 27.5 Å². The van der Waals surface area contributed by atoms with Gasteiger partial charge in [-0.15, -0.1) is 0 Å². The molecule has 5 nitrogen and oxygen atoms in total. The monoisotopic (exact) mass is 399 g/mol. The molecule has 2 aliphatic rings. The van der Waals surface area contributed by atoms with Gasteiger partial charge in [0.05, 0.1) is 7.11 Å². The van der Waals surface area contributed by atoms with Gasteiger partial charge in [0.2, 0.25) is 12.5 Å². The fourth-order valence-electron chi connectivity index (χ4n) is 3.90. The van der Waals surface area contributed by atoms with E-state index in [2.05, 4.69) is 45.7 Å². The van der Waals surface area contributed by atoms with E-state index >= 15 is 0 Å². The molecule has 1 atom stereocenters. The van der Waals surface area contributed by atoms with Crippen molar-refractivity contribution in [2.45, 2.75) is 53.0 Å². The van der Waals surface area contributed by atoms with E-state index in [1.54, 1.807) is 13.2 Å². The second-order valence-corrected chi connectivity index (χ2v) is 8.94. The number of carbonyl (C=O) groups is 1. The minimum atomic E-state index is -0.0486. The third-order valence-electron chi connectivity index (χ3n) is 5.70.